The van der Waals surface area contributed by atoms with Crippen LogP contribution in [0.3, 0.4) is 0 Å². The largest absolute Gasteiger partial charge is 0.313 e. The van der Waals surface area contributed by atoms with E-state index < -0.39 is 0 Å². The lowest BCUT2D eigenvalue weighted by atomic mass is 9.69. The average molecular weight is 193 g/mol. The first kappa shape index (κ1) is 10.2. The molecule has 3 unspecified atom stereocenters. The second-order valence-electron chi connectivity index (χ2n) is 5.60. The van der Waals surface area contributed by atoms with E-state index in [1.807, 2.05) is 0 Å². The topological polar surface area (TPSA) is 12.0 Å². The number of fused-ring (bicyclic) bond motifs is 1. The summed E-state index contributed by atoms with van der Waals surface area (Å²) in [5.74, 6) is 2.64. The number of allylic oxidation sites excluding steroid dienone is 1. The van der Waals surface area contributed by atoms with Gasteiger partial charge in [0.05, 0.1) is 0 Å². The maximum Gasteiger partial charge on any atom is 0.0139 e. The lowest BCUT2D eigenvalue weighted by Gasteiger charge is -2.36. The van der Waals surface area contributed by atoms with Gasteiger partial charge in [-0.15, -0.1) is 0 Å². The molecule has 1 aliphatic carbocycles. The van der Waals surface area contributed by atoms with E-state index in [2.05, 4.69) is 33.0 Å². The molecule has 80 valence electrons. The Kier molecular flexibility index (Phi) is 2.70. The van der Waals surface area contributed by atoms with Crippen molar-refractivity contribution in [1.29, 1.82) is 0 Å². The normalized spacial score (nSPS) is 37.1. The molecule has 3 fully saturated rings. The molecule has 0 spiro atoms. The van der Waals surface area contributed by atoms with Crippen LogP contribution >= 0.6 is 0 Å². The second-order valence-corrected chi connectivity index (χ2v) is 5.60. The standard InChI is InChI=1S/C13H23N/c1-8(2)5-9(3)10(4)13-11-6-12(13)14-7-11/h8,11-14H,5-7H2,1-4H3/b10-9+. The molecule has 1 saturated carbocycles. The van der Waals surface area contributed by atoms with E-state index in [9.17, 15) is 0 Å². The number of hydrogen-bond acceptors (Lipinski definition) is 1. The molecule has 2 aliphatic heterocycles. The van der Waals surface area contributed by atoms with Gasteiger partial charge in [0.2, 0.25) is 0 Å². The van der Waals surface area contributed by atoms with Crippen molar-refractivity contribution in [2.45, 2.75) is 46.6 Å². The average Bonchev–Trinajstić information content (AvgIpc) is 2.62. The third-order valence-corrected chi connectivity index (χ3v) is 4.03. The summed E-state index contributed by atoms with van der Waals surface area (Å²) >= 11 is 0. The summed E-state index contributed by atoms with van der Waals surface area (Å²) in [5, 5.41) is 3.60. The minimum absolute atomic E-state index is 0.802. The third-order valence-electron chi connectivity index (χ3n) is 4.03. The van der Waals surface area contributed by atoms with Crippen LogP contribution in [0.25, 0.3) is 0 Å². The Balaban J connectivity index is 2.03. The number of hydrogen-bond donors (Lipinski definition) is 1. The Morgan fingerprint density at radius 2 is 2.07 bits per heavy atom. The molecule has 0 amide bonds. The molecule has 2 heterocycles. The van der Waals surface area contributed by atoms with E-state index in [4.69, 9.17) is 0 Å². The highest BCUT2D eigenvalue weighted by Crippen LogP contribution is 2.45. The molecule has 0 aromatic carbocycles. The smallest absolute Gasteiger partial charge is 0.0139 e. The van der Waals surface area contributed by atoms with Gasteiger partial charge in [0, 0.05) is 6.04 Å². The van der Waals surface area contributed by atoms with Gasteiger partial charge in [-0.3, -0.25) is 0 Å². The number of rotatable bonds is 3. The predicted molar refractivity (Wildman–Crippen MR) is 61.2 cm³/mol. The van der Waals surface area contributed by atoms with Crippen LogP contribution in [0.4, 0.5) is 0 Å². The van der Waals surface area contributed by atoms with E-state index in [1.165, 1.54) is 19.4 Å². The van der Waals surface area contributed by atoms with Crippen LogP contribution < -0.4 is 5.32 Å². The minimum Gasteiger partial charge on any atom is -0.313 e. The van der Waals surface area contributed by atoms with E-state index in [0.29, 0.717) is 0 Å². The second kappa shape index (κ2) is 3.69. The highest BCUT2D eigenvalue weighted by atomic mass is 15.0. The van der Waals surface area contributed by atoms with Gasteiger partial charge in [-0.05, 0) is 51.0 Å². The van der Waals surface area contributed by atoms with Gasteiger partial charge in [0.15, 0.2) is 0 Å². The fourth-order valence-corrected chi connectivity index (χ4v) is 3.19. The molecule has 0 aromatic rings. The summed E-state index contributed by atoms with van der Waals surface area (Å²) in [6.07, 6.45) is 2.71. The van der Waals surface area contributed by atoms with Crippen molar-refractivity contribution in [2.75, 3.05) is 6.54 Å². The molecule has 3 atom stereocenters. The van der Waals surface area contributed by atoms with Gasteiger partial charge in [0.25, 0.3) is 0 Å². The SMILES string of the molecule is C/C(CC(C)C)=C(/C)C1C2CNC1C2. The van der Waals surface area contributed by atoms with Crippen molar-refractivity contribution in [2.24, 2.45) is 17.8 Å². The van der Waals surface area contributed by atoms with Crippen LogP contribution in [-0.4, -0.2) is 12.6 Å². The lowest BCUT2D eigenvalue weighted by molar-refractivity contribution is 0.255. The summed E-state index contributed by atoms with van der Waals surface area (Å²) in [6, 6.07) is 0.821. The summed E-state index contributed by atoms with van der Waals surface area (Å²) in [4.78, 5) is 0. The van der Waals surface area contributed by atoms with E-state index in [1.54, 1.807) is 11.1 Å². The molecule has 1 nitrogen and oxygen atoms in total. The van der Waals surface area contributed by atoms with Crippen molar-refractivity contribution in [3.63, 3.8) is 0 Å². The summed E-state index contributed by atoms with van der Waals surface area (Å²) < 4.78 is 0. The van der Waals surface area contributed by atoms with Gasteiger partial charge in [-0.2, -0.15) is 0 Å². The first-order valence-electron chi connectivity index (χ1n) is 5.99. The van der Waals surface area contributed by atoms with Crippen molar-refractivity contribution in [3.05, 3.63) is 11.1 Å². The molecule has 3 rings (SSSR count). The Bertz CT molecular complexity index is 238. The summed E-state index contributed by atoms with van der Waals surface area (Å²) in [6.45, 7) is 10.6. The molecular formula is C13H23N. The van der Waals surface area contributed by atoms with Crippen molar-refractivity contribution in [1.82, 2.24) is 5.32 Å². The van der Waals surface area contributed by atoms with Crippen LogP contribution in [0, 0.1) is 17.8 Å². The highest BCUT2D eigenvalue weighted by Gasteiger charge is 2.47. The lowest BCUT2D eigenvalue weighted by Crippen LogP contribution is -2.37. The monoisotopic (exact) mass is 193 g/mol. The molecule has 2 saturated heterocycles. The zero-order valence-corrected chi connectivity index (χ0v) is 9.93. The molecule has 0 radical (unpaired) electrons. The Morgan fingerprint density at radius 3 is 2.50 bits per heavy atom. The molecule has 3 aliphatic rings. The van der Waals surface area contributed by atoms with Gasteiger partial charge in [-0.25, -0.2) is 0 Å². The number of nitrogens with one attached hydrogen (secondary N) is 1. The van der Waals surface area contributed by atoms with Crippen LogP contribution in [-0.2, 0) is 0 Å². The van der Waals surface area contributed by atoms with Gasteiger partial charge < -0.3 is 5.32 Å². The van der Waals surface area contributed by atoms with Crippen molar-refractivity contribution >= 4 is 0 Å². The quantitative estimate of drug-likeness (QED) is 0.679. The minimum atomic E-state index is 0.802. The van der Waals surface area contributed by atoms with E-state index >= 15 is 0 Å². The first-order valence-corrected chi connectivity index (χ1v) is 5.99. The molecule has 1 heteroatoms. The van der Waals surface area contributed by atoms with E-state index in [-0.39, 0.29) is 0 Å². The zero-order chi connectivity index (χ0) is 10.3. The maximum atomic E-state index is 3.60. The molecule has 0 aromatic heterocycles. The molecular weight excluding hydrogens is 170 g/mol. The fraction of sp³-hybridized carbons (Fsp3) is 0.846. The van der Waals surface area contributed by atoms with E-state index in [0.717, 1.165) is 23.8 Å². The predicted octanol–water partition coefficient (Wildman–Crippen LogP) is 2.98. The highest BCUT2D eigenvalue weighted by molar-refractivity contribution is 5.23. The Labute approximate surface area is 88.0 Å². The van der Waals surface area contributed by atoms with Gasteiger partial charge in [-0.1, -0.05) is 25.0 Å². The van der Waals surface area contributed by atoms with Gasteiger partial charge >= 0.3 is 0 Å². The fourth-order valence-electron chi connectivity index (χ4n) is 3.19. The van der Waals surface area contributed by atoms with Gasteiger partial charge in [0.1, 0.15) is 0 Å². The van der Waals surface area contributed by atoms with Crippen LogP contribution in [0.5, 0.6) is 0 Å². The summed E-state index contributed by atoms with van der Waals surface area (Å²) in [5.41, 5.74) is 3.33. The summed E-state index contributed by atoms with van der Waals surface area (Å²) in [7, 11) is 0. The third kappa shape index (κ3) is 1.63. The Hall–Kier alpha value is -0.300. The molecule has 1 N–H and O–H groups in total. The maximum absolute atomic E-state index is 3.60. The zero-order valence-electron chi connectivity index (χ0n) is 9.93. The first-order chi connectivity index (χ1) is 6.59. The van der Waals surface area contributed by atoms with Crippen molar-refractivity contribution in [3.8, 4) is 0 Å². The Morgan fingerprint density at radius 1 is 1.36 bits per heavy atom. The van der Waals surface area contributed by atoms with Crippen LogP contribution in [0.2, 0.25) is 0 Å². The molecule has 2 bridgehead atoms. The van der Waals surface area contributed by atoms with Crippen LogP contribution in [0.1, 0.15) is 40.5 Å². The van der Waals surface area contributed by atoms with Crippen LogP contribution in [0.15, 0.2) is 11.1 Å². The van der Waals surface area contributed by atoms with Crippen molar-refractivity contribution < 1.29 is 0 Å². The molecule has 14 heavy (non-hydrogen) atoms.